The Morgan fingerprint density at radius 1 is 1.56 bits per heavy atom. The van der Waals surface area contributed by atoms with Crippen LogP contribution in [-0.4, -0.2) is 11.5 Å². The maximum Gasteiger partial charge on any atom is 0.197 e. The largest absolute Gasteiger partial charge is 0.490 e. The fourth-order valence-electron chi connectivity index (χ4n) is 0.513. The molecule has 50 valence electrons. The van der Waals surface area contributed by atoms with Crippen molar-refractivity contribution in [2.24, 2.45) is 0 Å². The lowest BCUT2D eigenvalue weighted by molar-refractivity contribution is 0.420. The number of methoxy groups -OCH3 is 1. The fourth-order valence-corrected chi connectivity index (χ4v) is 1.06. The van der Waals surface area contributed by atoms with E-state index in [4.69, 9.17) is 16.2 Å². The Kier molecular flexibility index (Phi) is 1.44. The molecule has 1 rings (SSSR count). The van der Waals surface area contributed by atoms with Crippen molar-refractivity contribution in [3.8, 4) is 5.75 Å². The highest BCUT2D eigenvalue weighted by Gasteiger charge is 2.06. The van der Waals surface area contributed by atoms with E-state index in [0.29, 0.717) is 16.6 Å². The van der Waals surface area contributed by atoms with Crippen molar-refractivity contribution in [3.63, 3.8) is 0 Å². The molecular formula is C4H7N3OS. The van der Waals surface area contributed by atoms with E-state index >= 15 is 0 Å². The predicted octanol–water partition coefficient (Wildman–Crippen LogP) is 0.316. The average Bonchev–Trinajstić information content (AvgIpc) is 2.12. The summed E-state index contributed by atoms with van der Waals surface area (Å²) in [5.41, 5.74) is 10.7. The van der Waals surface area contributed by atoms with E-state index in [1.165, 1.54) is 7.11 Å². The molecule has 0 aliphatic rings. The molecule has 0 aliphatic carbocycles. The molecule has 0 aromatic carbocycles. The number of nitrogens with zero attached hydrogens (tertiary/aromatic N) is 1. The number of ether oxygens (including phenoxy) is 1. The van der Waals surface area contributed by atoms with Crippen LogP contribution in [0.1, 0.15) is 0 Å². The van der Waals surface area contributed by atoms with Crippen molar-refractivity contribution in [2.75, 3.05) is 18.6 Å². The molecular weight excluding hydrogens is 138 g/mol. The van der Waals surface area contributed by atoms with Crippen molar-refractivity contribution in [1.82, 2.24) is 4.37 Å². The van der Waals surface area contributed by atoms with E-state index in [0.717, 1.165) is 11.5 Å². The summed E-state index contributed by atoms with van der Waals surface area (Å²) in [6.07, 6.45) is 0. The van der Waals surface area contributed by atoms with Gasteiger partial charge in [-0.1, -0.05) is 0 Å². The molecule has 0 fully saturated rings. The van der Waals surface area contributed by atoms with E-state index in [1.807, 2.05) is 0 Å². The van der Waals surface area contributed by atoms with Gasteiger partial charge in [-0.05, 0) is 11.5 Å². The maximum absolute atomic E-state index is 5.40. The Morgan fingerprint density at radius 2 is 2.22 bits per heavy atom. The van der Waals surface area contributed by atoms with Gasteiger partial charge in [0.25, 0.3) is 0 Å². The lowest BCUT2D eigenvalue weighted by atomic mass is 10.5. The first-order chi connectivity index (χ1) is 4.25. The Bertz CT molecular complexity index is 190. The van der Waals surface area contributed by atoms with Crippen LogP contribution in [-0.2, 0) is 0 Å². The summed E-state index contributed by atoms with van der Waals surface area (Å²) in [6.45, 7) is 0. The van der Waals surface area contributed by atoms with Gasteiger partial charge in [0, 0.05) is 0 Å². The van der Waals surface area contributed by atoms with Crippen LogP contribution in [0.15, 0.2) is 0 Å². The van der Waals surface area contributed by atoms with Crippen LogP contribution in [0.3, 0.4) is 0 Å². The van der Waals surface area contributed by atoms with Gasteiger partial charge in [-0.3, -0.25) is 0 Å². The highest BCUT2D eigenvalue weighted by Crippen LogP contribution is 2.31. The molecule has 0 unspecified atom stereocenters. The zero-order chi connectivity index (χ0) is 6.85. The molecule has 1 heterocycles. The summed E-state index contributed by atoms with van der Waals surface area (Å²) >= 11 is 1.13. The van der Waals surface area contributed by atoms with Gasteiger partial charge in [0.15, 0.2) is 16.6 Å². The highest BCUT2D eigenvalue weighted by atomic mass is 32.1. The van der Waals surface area contributed by atoms with Gasteiger partial charge in [0.05, 0.1) is 7.11 Å². The number of nitrogen functional groups attached to an aromatic ring is 2. The van der Waals surface area contributed by atoms with Gasteiger partial charge >= 0.3 is 0 Å². The lowest BCUT2D eigenvalue weighted by Crippen LogP contribution is -1.91. The van der Waals surface area contributed by atoms with Crippen molar-refractivity contribution in [2.45, 2.75) is 0 Å². The molecule has 0 saturated carbocycles. The minimum Gasteiger partial charge on any atom is -0.490 e. The first-order valence-corrected chi connectivity index (χ1v) is 3.07. The van der Waals surface area contributed by atoms with Gasteiger partial charge in [-0.2, -0.15) is 4.37 Å². The molecule has 0 bridgehead atoms. The van der Waals surface area contributed by atoms with Crippen LogP contribution in [0.4, 0.5) is 10.8 Å². The zero-order valence-electron chi connectivity index (χ0n) is 4.92. The third kappa shape index (κ3) is 0.904. The minimum absolute atomic E-state index is 0.361. The standard InChI is InChI=1S/C4H7N3OS/c1-8-2-3(5)7-9-4(2)6/h6H2,1H3,(H2,5,7). The molecule has 9 heavy (non-hydrogen) atoms. The van der Waals surface area contributed by atoms with Gasteiger partial charge < -0.3 is 16.2 Å². The van der Waals surface area contributed by atoms with Crippen LogP contribution in [0, 0.1) is 0 Å². The Labute approximate surface area is 56.6 Å². The SMILES string of the molecule is COc1c(N)nsc1N. The summed E-state index contributed by atoms with van der Waals surface area (Å²) < 4.78 is 8.57. The van der Waals surface area contributed by atoms with Crippen LogP contribution in [0.2, 0.25) is 0 Å². The summed E-state index contributed by atoms with van der Waals surface area (Å²) in [5, 5.41) is 0.523. The third-order valence-corrected chi connectivity index (χ3v) is 1.57. The normalized spacial score (nSPS) is 9.44. The monoisotopic (exact) mass is 145 g/mol. The Balaban J connectivity index is 3.07. The maximum atomic E-state index is 5.40. The molecule has 0 saturated heterocycles. The molecule has 0 aliphatic heterocycles. The smallest absolute Gasteiger partial charge is 0.197 e. The van der Waals surface area contributed by atoms with Crippen molar-refractivity contribution < 1.29 is 4.74 Å². The third-order valence-electron chi connectivity index (χ3n) is 0.903. The van der Waals surface area contributed by atoms with Crippen molar-refractivity contribution >= 4 is 22.4 Å². The van der Waals surface area contributed by atoms with Crippen LogP contribution >= 0.6 is 11.5 Å². The number of rotatable bonds is 1. The Hall–Kier alpha value is -0.970. The molecule has 0 radical (unpaired) electrons. The van der Waals surface area contributed by atoms with E-state index in [1.54, 1.807) is 0 Å². The second kappa shape index (κ2) is 2.10. The van der Waals surface area contributed by atoms with Gasteiger partial charge in [0.1, 0.15) is 0 Å². The second-order valence-corrected chi connectivity index (χ2v) is 2.27. The summed E-state index contributed by atoms with van der Waals surface area (Å²) in [4.78, 5) is 0. The average molecular weight is 145 g/mol. The van der Waals surface area contributed by atoms with Crippen LogP contribution < -0.4 is 16.2 Å². The Morgan fingerprint density at radius 3 is 2.44 bits per heavy atom. The quantitative estimate of drug-likeness (QED) is 0.596. The summed E-state index contributed by atoms with van der Waals surface area (Å²) in [7, 11) is 1.51. The molecule has 0 amide bonds. The van der Waals surface area contributed by atoms with E-state index < -0.39 is 0 Å². The van der Waals surface area contributed by atoms with Gasteiger partial charge in [-0.25, -0.2) is 0 Å². The first kappa shape index (κ1) is 6.15. The molecule has 1 aromatic rings. The predicted molar refractivity (Wildman–Crippen MR) is 37.5 cm³/mol. The summed E-state index contributed by atoms with van der Waals surface area (Å²) in [5.74, 6) is 0.847. The van der Waals surface area contributed by atoms with Gasteiger partial charge in [-0.15, -0.1) is 0 Å². The van der Waals surface area contributed by atoms with E-state index in [2.05, 4.69) is 4.37 Å². The fraction of sp³-hybridized carbons (Fsp3) is 0.250. The van der Waals surface area contributed by atoms with Crippen molar-refractivity contribution in [1.29, 1.82) is 0 Å². The van der Waals surface area contributed by atoms with Crippen LogP contribution in [0.25, 0.3) is 0 Å². The number of hydrogen-bond acceptors (Lipinski definition) is 5. The number of anilines is 2. The number of aromatic nitrogens is 1. The first-order valence-electron chi connectivity index (χ1n) is 2.30. The molecule has 4 N–H and O–H groups in total. The molecule has 0 spiro atoms. The van der Waals surface area contributed by atoms with E-state index in [9.17, 15) is 0 Å². The number of hydrogen-bond donors (Lipinski definition) is 2. The lowest BCUT2D eigenvalue weighted by Gasteiger charge is -1.94. The second-order valence-electron chi connectivity index (χ2n) is 1.47. The van der Waals surface area contributed by atoms with E-state index in [-0.39, 0.29) is 0 Å². The summed E-state index contributed by atoms with van der Waals surface area (Å²) in [6, 6.07) is 0. The van der Waals surface area contributed by atoms with Gasteiger partial charge in [0.2, 0.25) is 0 Å². The van der Waals surface area contributed by atoms with Crippen LogP contribution in [0.5, 0.6) is 5.75 Å². The minimum atomic E-state index is 0.361. The molecule has 5 heteroatoms. The molecule has 4 nitrogen and oxygen atoms in total. The molecule has 0 atom stereocenters. The highest BCUT2D eigenvalue weighted by molar-refractivity contribution is 7.10. The topological polar surface area (TPSA) is 74.2 Å². The van der Waals surface area contributed by atoms with Crippen molar-refractivity contribution in [3.05, 3.63) is 0 Å². The zero-order valence-corrected chi connectivity index (χ0v) is 5.73. The molecule has 1 aromatic heterocycles. The number of nitrogens with two attached hydrogens (primary N) is 2.